The van der Waals surface area contributed by atoms with E-state index in [1.54, 1.807) is 24.3 Å². The summed E-state index contributed by atoms with van der Waals surface area (Å²) in [6.07, 6.45) is 5.95. The first kappa shape index (κ1) is 22.1. The number of nitro groups is 1. The van der Waals surface area contributed by atoms with Crippen molar-refractivity contribution in [3.8, 4) is 5.75 Å². The van der Waals surface area contributed by atoms with Crippen LogP contribution in [0.5, 0.6) is 5.75 Å². The molecule has 0 fully saturated rings. The highest BCUT2D eigenvalue weighted by atomic mass is 16.6. The number of nitrogens with zero attached hydrogens (tertiary/aromatic N) is 3. The molecule has 0 saturated heterocycles. The Kier molecular flexibility index (Phi) is 6.44. The van der Waals surface area contributed by atoms with Gasteiger partial charge in [0.15, 0.2) is 0 Å². The van der Waals surface area contributed by atoms with E-state index in [0.29, 0.717) is 12.2 Å². The predicted molar refractivity (Wildman–Crippen MR) is 125 cm³/mol. The molecule has 4 rings (SSSR count). The highest BCUT2D eigenvalue weighted by molar-refractivity contribution is 6.26. The van der Waals surface area contributed by atoms with Gasteiger partial charge < -0.3 is 4.74 Å². The molecular weight excluding hydrogens is 422 g/mol. The predicted octanol–water partition coefficient (Wildman–Crippen LogP) is 5.34. The summed E-state index contributed by atoms with van der Waals surface area (Å²) in [5, 5.41) is 16.8. The second-order valence-corrected chi connectivity index (χ2v) is 7.76. The molecule has 0 N–H and O–H groups in total. The number of unbranched alkanes of at least 4 members (excludes halogenated alkanes) is 3. The molecule has 33 heavy (non-hydrogen) atoms. The number of rotatable bonds is 9. The third-order valence-corrected chi connectivity index (χ3v) is 5.53. The van der Waals surface area contributed by atoms with Crippen LogP contribution in [-0.2, 0) is 0 Å². The minimum Gasteiger partial charge on any atom is -0.494 e. The number of carbonyl (C=O) groups excluding carboxylic acids is 2. The lowest BCUT2D eigenvalue weighted by Crippen LogP contribution is -2.36. The number of non-ortho nitro benzene ring substituents is 1. The average molecular weight is 445 g/mol. The Morgan fingerprint density at radius 3 is 2.39 bits per heavy atom. The van der Waals surface area contributed by atoms with Gasteiger partial charge in [0, 0.05) is 11.5 Å². The fraction of sp³-hybridized carbons (Fsp3) is 0.240. The van der Waals surface area contributed by atoms with Crippen molar-refractivity contribution in [2.24, 2.45) is 5.10 Å². The van der Waals surface area contributed by atoms with Crippen molar-refractivity contribution >= 4 is 34.5 Å². The molecule has 1 aliphatic heterocycles. The Hall–Kier alpha value is -4.07. The maximum Gasteiger partial charge on any atom is 0.282 e. The molecule has 8 heteroatoms. The van der Waals surface area contributed by atoms with Crippen LogP contribution < -0.4 is 4.74 Å². The number of hydrogen-bond donors (Lipinski definition) is 0. The summed E-state index contributed by atoms with van der Waals surface area (Å²) in [7, 11) is 0. The third kappa shape index (κ3) is 4.45. The van der Waals surface area contributed by atoms with Gasteiger partial charge in [0.25, 0.3) is 17.5 Å². The van der Waals surface area contributed by atoms with Crippen LogP contribution in [0.3, 0.4) is 0 Å². The summed E-state index contributed by atoms with van der Waals surface area (Å²) >= 11 is 0. The highest BCUT2D eigenvalue weighted by Gasteiger charge is 2.34. The first-order chi connectivity index (χ1) is 16.0. The Balaban J connectivity index is 1.52. The zero-order valence-corrected chi connectivity index (χ0v) is 18.2. The van der Waals surface area contributed by atoms with Crippen LogP contribution >= 0.6 is 0 Å². The van der Waals surface area contributed by atoms with Gasteiger partial charge in [-0.05, 0) is 54.4 Å². The number of hydrazone groups is 1. The normalized spacial score (nSPS) is 13.2. The SMILES string of the molecule is CCCCCCOc1ccc(C=NN2C(=O)c3cccc4c([N+](=O)[O-])ccc(c34)C2=O)cc1. The lowest BCUT2D eigenvalue weighted by atomic mass is 9.94. The smallest absolute Gasteiger partial charge is 0.282 e. The molecule has 0 spiro atoms. The van der Waals surface area contributed by atoms with E-state index in [1.165, 1.54) is 37.3 Å². The van der Waals surface area contributed by atoms with Crippen LogP contribution in [0.15, 0.2) is 59.7 Å². The van der Waals surface area contributed by atoms with Crippen molar-refractivity contribution in [2.75, 3.05) is 6.61 Å². The second kappa shape index (κ2) is 9.60. The summed E-state index contributed by atoms with van der Waals surface area (Å²) in [5.41, 5.74) is 0.951. The molecule has 8 nitrogen and oxygen atoms in total. The number of ether oxygens (including phenoxy) is 1. The third-order valence-electron chi connectivity index (χ3n) is 5.53. The Labute approximate surface area is 190 Å². The summed E-state index contributed by atoms with van der Waals surface area (Å²) in [4.78, 5) is 36.8. The molecule has 1 heterocycles. The van der Waals surface area contributed by atoms with E-state index in [-0.39, 0.29) is 27.6 Å². The number of benzene rings is 3. The maximum absolute atomic E-state index is 13.0. The lowest BCUT2D eigenvalue weighted by molar-refractivity contribution is -0.383. The van der Waals surface area contributed by atoms with Crippen molar-refractivity contribution in [3.05, 3.63) is 81.4 Å². The van der Waals surface area contributed by atoms with Crippen LogP contribution in [0.25, 0.3) is 10.8 Å². The fourth-order valence-corrected chi connectivity index (χ4v) is 3.83. The molecule has 0 unspecified atom stereocenters. The van der Waals surface area contributed by atoms with Crippen LogP contribution in [0.2, 0.25) is 0 Å². The average Bonchev–Trinajstić information content (AvgIpc) is 2.82. The van der Waals surface area contributed by atoms with E-state index in [2.05, 4.69) is 12.0 Å². The molecular formula is C25H23N3O5. The number of carbonyl (C=O) groups is 2. The van der Waals surface area contributed by atoms with E-state index >= 15 is 0 Å². The number of hydrogen-bond acceptors (Lipinski definition) is 6. The minimum absolute atomic E-state index is 0.152. The highest BCUT2D eigenvalue weighted by Crippen LogP contribution is 2.35. The van der Waals surface area contributed by atoms with Crippen molar-refractivity contribution < 1.29 is 19.2 Å². The van der Waals surface area contributed by atoms with Crippen molar-refractivity contribution in [1.82, 2.24) is 5.01 Å². The molecule has 2 amide bonds. The van der Waals surface area contributed by atoms with E-state index in [1.807, 2.05) is 12.1 Å². The topological polar surface area (TPSA) is 102 Å². The molecule has 0 atom stereocenters. The van der Waals surface area contributed by atoms with E-state index in [9.17, 15) is 19.7 Å². The van der Waals surface area contributed by atoms with Gasteiger partial charge >= 0.3 is 0 Å². The monoisotopic (exact) mass is 445 g/mol. The van der Waals surface area contributed by atoms with Crippen LogP contribution in [-0.4, -0.2) is 34.6 Å². The lowest BCUT2D eigenvalue weighted by Gasteiger charge is -2.22. The molecule has 0 aliphatic carbocycles. The van der Waals surface area contributed by atoms with Gasteiger partial charge in [0.05, 0.1) is 34.3 Å². The van der Waals surface area contributed by atoms with Crippen molar-refractivity contribution in [3.63, 3.8) is 0 Å². The summed E-state index contributed by atoms with van der Waals surface area (Å²) < 4.78 is 5.72. The molecule has 3 aromatic rings. The summed E-state index contributed by atoms with van der Waals surface area (Å²) in [5.74, 6) is -0.500. The van der Waals surface area contributed by atoms with Gasteiger partial charge in [0.1, 0.15) is 5.75 Å². The number of amides is 2. The molecule has 1 aliphatic rings. The van der Waals surface area contributed by atoms with E-state index in [4.69, 9.17) is 4.74 Å². The van der Waals surface area contributed by atoms with Crippen LogP contribution in [0.1, 0.15) is 58.9 Å². The van der Waals surface area contributed by atoms with Gasteiger partial charge in [-0.1, -0.05) is 32.3 Å². The molecule has 0 saturated carbocycles. The molecule has 3 aromatic carbocycles. The molecule has 0 bridgehead atoms. The van der Waals surface area contributed by atoms with E-state index < -0.39 is 16.7 Å². The second-order valence-electron chi connectivity index (χ2n) is 7.76. The molecule has 0 radical (unpaired) electrons. The molecule has 168 valence electrons. The summed E-state index contributed by atoms with van der Waals surface area (Å²) in [6, 6.07) is 14.5. The van der Waals surface area contributed by atoms with E-state index in [0.717, 1.165) is 23.6 Å². The first-order valence-corrected chi connectivity index (χ1v) is 10.9. The zero-order valence-electron chi connectivity index (χ0n) is 18.2. The van der Waals surface area contributed by atoms with Crippen LogP contribution in [0.4, 0.5) is 5.69 Å². The van der Waals surface area contributed by atoms with Crippen molar-refractivity contribution in [2.45, 2.75) is 32.6 Å². The van der Waals surface area contributed by atoms with Gasteiger partial charge in [-0.25, -0.2) is 0 Å². The van der Waals surface area contributed by atoms with Gasteiger partial charge in [-0.3, -0.25) is 19.7 Å². The Morgan fingerprint density at radius 1 is 0.970 bits per heavy atom. The first-order valence-electron chi connectivity index (χ1n) is 10.9. The number of imide groups is 1. The Bertz CT molecular complexity index is 1230. The minimum atomic E-state index is -0.623. The molecule has 0 aromatic heterocycles. The fourth-order valence-electron chi connectivity index (χ4n) is 3.83. The van der Waals surface area contributed by atoms with Gasteiger partial charge in [0.2, 0.25) is 0 Å². The largest absolute Gasteiger partial charge is 0.494 e. The maximum atomic E-state index is 13.0. The Morgan fingerprint density at radius 2 is 1.70 bits per heavy atom. The van der Waals surface area contributed by atoms with Gasteiger partial charge in [-0.15, -0.1) is 0 Å². The number of nitro benzene ring substituents is 1. The quantitative estimate of drug-likeness (QED) is 0.145. The van der Waals surface area contributed by atoms with Gasteiger partial charge in [-0.2, -0.15) is 10.1 Å². The van der Waals surface area contributed by atoms with Crippen molar-refractivity contribution in [1.29, 1.82) is 0 Å². The zero-order chi connectivity index (χ0) is 23.4. The standard InChI is InChI=1S/C25H23N3O5/c1-2-3-4-5-15-33-18-11-9-17(10-12-18)16-26-27-24(29)20-8-6-7-19-22(28(31)32)14-13-21(23(19)20)25(27)30/h6-14,16H,2-5,15H2,1H3. The van der Waals surface area contributed by atoms with Crippen LogP contribution in [0, 0.1) is 10.1 Å². The summed E-state index contributed by atoms with van der Waals surface area (Å²) in [6.45, 7) is 2.82.